The van der Waals surface area contributed by atoms with Gasteiger partial charge in [-0.15, -0.1) is 0 Å². The summed E-state index contributed by atoms with van der Waals surface area (Å²) < 4.78 is 6.47. The third-order valence-corrected chi connectivity index (χ3v) is 5.85. The number of carbonyl (C=O) groups excluding carboxylic acids is 1. The molecule has 0 bridgehead atoms. The smallest absolute Gasteiger partial charge is 0.410 e. The third-order valence-electron chi connectivity index (χ3n) is 5.32. The fourth-order valence-corrected chi connectivity index (χ4v) is 3.95. The number of nitrogens with one attached hydrogen (secondary N) is 1. The van der Waals surface area contributed by atoms with Gasteiger partial charge in [-0.1, -0.05) is 28.1 Å². The van der Waals surface area contributed by atoms with E-state index in [0.29, 0.717) is 18.5 Å². The summed E-state index contributed by atoms with van der Waals surface area (Å²) in [5, 5.41) is 0. The summed E-state index contributed by atoms with van der Waals surface area (Å²) in [5.74, 6) is 0.740. The molecule has 148 valence electrons. The molecule has 28 heavy (non-hydrogen) atoms. The molecule has 1 aliphatic heterocycles. The zero-order chi connectivity index (χ0) is 20.1. The molecule has 1 aromatic heterocycles. The topological polar surface area (TPSA) is 75.3 Å². The van der Waals surface area contributed by atoms with E-state index in [0.717, 1.165) is 28.8 Å². The van der Waals surface area contributed by atoms with Gasteiger partial charge in [-0.25, -0.2) is 9.78 Å². The maximum atomic E-state index is 12.8. The molecule has 0 unspecified atom stereocenters. The zero-order valence-corrected chi connectivity index (χ0v) is 17.9. The summed E-state index contributed by atoms with van der Waals surface area (Å²) in [6, 6.07) is 8.21. The molecule has 0 spiro atoms. The van der Waals surface area contributed by atoms with Gasteiger partial charge >= 0.3 is 6.09 Å². The van der Waals surface area contributed by atoms with E-state index in [-0.39, 0.29) is 17.5 Å². The van der Waals surface area contributed by atoms with Crippen LogP contribution in [0.4, 0.5) is 4.79 Å². The molecule has 2 aromatic rings. The van der Waals surface area contributed by atoms with Crippen molar-refractivity contribution < 1.29 is 9.53 Å². The van der Waals surface area contributed by atoms with Gasteiger partial charge in [0.05, 0.1) is 23.2 Å². The predicted molar refractivity (Wildman–Crippen MR) is 109 cm³/mol. The highest BCUT2D eigenvalue weighted by molar-refractivity contribution is 9.10. The standard InChI is InChI=1S/C21H24BrN3O3/c1-20(2,3)28-19(27)25-11-8-16-15(12-25)17(26)24-18(23-16)21(9-10-21)13-4-6-14(22)7-5-13/h4-7H,8-12H2,1-3H3,(H,23,24,26). The van der Waals surface area contributed by atoms with Gasteiger partial charge in [-0.3, -0.25) is 4.79 Å². The molecule has 7 heteroatoms. The third kappa shape index (κ3) is 3.60. The maximum Gasteiger partial charge on any atom is 0.410 e. The summed E-state index contributed by atoms with van der Waals surface area (Å²) in [6.45, 7) is 6.24. The molecule has 6 nitrogen and oxygen atoms in total. The number of hydrogen-bond donors (Lipinski definition) is 1. The molecule has 1 saturated carbocycles. The van der Waals surface area contributed by atoms with E-state index in [1.165, 1.54) is 5.56 Å². The van der Waals surface area contributed by atoms with Crippen LogP contribution >= 0.6 is 15.9 Å². The Balaban J connectivity index is 1.61. The van der Waals surface area contributed by atoms with Crippen molar-refractivity contribution in [1.82, 2.24) is 14.9 Å². The van der Waals surface area contributed by atoms with Crippen molar-refractivity contribution in [2.45, 2.75) is 57.6 Å². The molecule has 2 aliphatic rings. The number of carbonyl (C=O) groups is 1. The summed E-state index contributed by atoms with van der Waals surface area (Å²) in [6.07, 6.45) is 2.11. The first-order chi connectivity index (χ1) is 13.2. The monoisotopic (exact) mass is 445 g/mol. The number of halogens is 1. The van der Waals surface area contributed by atoms with Gasteiger partial charge in [-0.05, 0) is 51.3 Å². The van der Waals surface area contributed by atoms with Gasteiger partial charge in [0.15, 0.2) is 0 Å². The second-order valence-electron chi connectivity index (χ2n) is 8.58. The minimum Gasteiger partial charge on any atom is -0.444 e. The van der Waals surface area contributed by atoms with Crippen LogP contribution in [-0.2, 0) is 23.1 Å². The maximum absolute atomic E-state index is 12.8. The van der Waals surface area contributed by atoms with Crippen molar-refractivity contribution in [3.05, 3.63) is 61.7 Å². The first kappa shape index (κ1) is 19.2. The fraction of sp³-hybridized carbons (Fsp3) is 0.476. The Morgan fingerprint density at radius 1 is 1.25 bits per heavy atom. The van der Waals surface area contributed by atoms with E-state index >= 15 is 0 Å². The number of fused-ring (bicyclic) bond motifs is 1. The van der Waals surface area contributed by atoms with Gasteiger partial charge in [0.25, 0.3) is 5.56 Å². The van der Waals surface area contributed by atoms with Crippen molar-refractivity contribution in [1.29, 1.82) is 0 Å². The fourth-order valence-electron chi connectivity index (χ4n) is 3.69. The lowest BCUT2D eigenvalue weighted by molar-refractivity contribution is 0.0221. The van der Waals surface area contributed by atoms with Crippen LogP contribution in [0.2, 0.25) is 0 Å². The Kier molecular flexibility index (Phi) is 4.61. The highest BCUT2D eigenvalue weighted by Crippen LogP contribution is 2.52. The molecular weight excluding hydrogens is 422 g/mol. The van der Waals surface area contributed by atoms with Gasteiger partial charge in [-0.2, -0.15) is 0 Å². The van der Waals surface area contributed by atoms with Crippen molar-refractivity contribution in [2.24, 2.45) is 0 Å². The number of hydrogen-bond acceptors (Lipinski definition) is 4. The second kappa shape index (κ2) is 6.72. The quantitative estimate of drug-likeness (QED) is 0.759. The number of rotatable bonds is 2. The van der Waals surface area contributed by atoms with Crippen LogP contribution < -0.4 is 5.56 Å². The normalized spacial score (nSPS) is 17.8. The number of amides is 1. The van der Waals surface area contributed by atoms with Crippen molar-refractivity contribution in [3.63, 3.8) is 0 Å². The number of nitrogens with zero attached hydrogens (tertiary/aromatic N) is 2. The number of H-pyrrole nitrogens is 1. The average Bonchev–Trinajstić information content (AvgIpc) is 3.42. The summed E-state index contributed by atoms with van der Waals surface area (Å²) in [7, 11) is 0. The highest BCUT2D eigenvalue weighted by Gasteiger charge is 2.48. The van der Waals surface area contributed by atoms with Crippen molar-refractivity contribution in [2.75, 3.05) is 6.54 Å². The molecule has 1 aromatic carbocycles. The lowest BCUT2D eigenvalue weighted by Gasteiger charge is -2.30. The molecule has 1 fully saturated rings. The van der Waals surface area contributed by atoms with Gasteiger partial charge in [0.1, 0.15) is 11.4 Å². The Labute approximate surface area is 172 Å². The molecule has 0 saturated heterocycles. The van der Waals surface area contributed by atoms with Crippen LogP contribution in [-0.4, -0.2) is 33.1 Å². The van der Waals surface area contributed by atoms with Crippen LogP contribution in [0.15, 0.2) is 33.5 Å². The van der Waals surface area contributed by atoms with E-state index in [4.69, 9.17) is 9.72 Å². The second-order valence-corrected chi connectivity index (χ2v) is 9.50. The van der Waals surface area contributed by atoms with E-state index < -0.39 is 11.7 Å². The lowest BCUT2D eigenvalue weighted by Crippen LogP contribution is -2.42. The molecule has 0 radical (unpaired) electrons. The van der Waals surface area contributed by atoms with Gasteiger partial charge in [0, 0.05) is 17.4 Å². The van der Waals surface area contributed by atoms with E-state index in [1.807, 2.05) is 32.9 Å². The number of benzene rings is 1. The lowest BCUT2D eigenvalue weighted by atomic mass is 9.94. The summed E-state index contributed by atoms with van der Waals surface area (Å²) >= 11 is 3.47. The first-order valence-corrected chi connectivity index (χ1v) is 10.3. The first-order valence-electron chi connectivity index (χ1n) is 9.54. The van der Waals surface area contributed by atoms with Crippen LogP contribution in [0.5, 0.6) is 0 Å². The largest absolute Gasteiger partial charge is 0.444 e. The minimum atomic E-state index is -0.561. The van der Waals surface area contributed by atoms with Crippen LogP contribution in [0.1, 0.15) is 56.3 Å². The van der Waals surface area contributed by atoms with E-state index in [9.17, 15) is 9.59 Å². The summed E-state index contributed by atoms with van der Waals surface area (Å²) in [5.41, 5.74) is 1.61. The molecule has 0 atom stereocenters. The molecule has 1 N–H and O–H groups in total. The zero-order valence-electron chi connectivity index (χ0n) is 16.3. The molecular formula is C21H24BrN3O3. The molecule has 2 heterocycles. The number of aromatic amines is 1. The van der Waals surface area contributed by atoms with Crippen LogP contribution in [0.25, 0.3) is 0 Å². The van der Waals surface area contributed by atoms with Crippen LogP contribution in [0.3, 0.4) is 0 Å². The highest BCUT2D eigenvalue weighted by atomic mass is 79.9. The Bertz CT molecular complexity index is 972. The molecule has 4 rings (SSSR count). The Morgan fingerprint density at radius 3 is 2.54 bits per heavy atom. The Morgan fingerprint density at radius 2 is 1.93 bits per heavy atom. The van der Waals surface area contributed by atoms with Crippen molar-refractivity contribution in [3.8, 4) is 0 Å². The van der Waals surface area contributed by atoms with Gasteiger partial charge < -0.3 is 14.6 Å². The minimum absolute atomic E-state index is 0.156. The average molecular weight is 446 g/mol. The van der Waals surface area contributed by atoms with E-state index in [2.05, 4.69) is 33.0 Å². The Hall–Kier alpha value is -2.15. The SMILES string of the molecule is CC(C)(C)OC(=O)N1CCc2nc(C3(c4ccc(Br)cc4)CC3)[nH]c(=O)c2C1. The predicted octanol–water partition coefficient (Wildman–Crippen LogP) is 3.91. The summed E-state index contributed by atoms with van der Waals surface area (Å²) in [4.78, 5) is 34.6. The van der Waals surface area contributed by atoms with Crippen LogP contribution in [0, 0.1) is 0 Å². The molecule has 1 aliphatic carbocycles. The van der Waals surface area contributed by atoms with E-state index in [1.54, 1.807) is 4.90 Å². The number of aromatic nitrogens is 2. The van der Waals surface area contributed by atoms with Crippen molar-refractivity contribution >= 4 is 22.0 Å². The molecule has 1 amide bonds. The van der Waals surface area contributed by atoms with Gasteiger partial charge in [0.2, 0.25) is 0 Å². The number of ether oxygens (including phenoxy) is 1.